The number of halogens is 1. The highest BCUT2D eigenvalue weighted by Gasteiger charge is 2.34. The lowest BCUT2D eigenvalue weighted by Crippen LogP contribution is -2.35. The minimum Gasteiger partial charge on any atom is -0.354 e. The summed E-state index contributed by atoms with van der Waals surface area (Å²) in [5.74, 6) is 1.24. The highest BCUT2D eigenvalue weighted by atomic mass is 35.5. The van der Waals surface area contributed by atoms with Gasteiger partial charge in [0.1, 0.15) is 17.2 Å². The molecular weight excluding hydrogens is 462 g/mol. The second-order valence-electron chi connectivity index (χ2n) is 8.75. The van der Waals surface area contributed by atoms with Crippen molar-refractivity contribution in [1.29, 1.82) is 0 Å². The first-order valence-electron chi connectivity index (χ1n) is 11.7. The fraction of sp³-hybridized carbons (Fsp3) is 0.259. The average molecular weight is 488 g/mol. The molecule has 2 aromatic heterocycles. The minimum absolute atomic E-state index is 0.139. The number of hydrogen-bond acceptors (Lipinski definition) is 5. The van der Waals surface area contributed by atoms with Crippen molar-refractivity contribution in [2.45, 2.75) is 39.2 Å². The molecule has 1 N–H and O–H groups in total. The number of carbonyl (C=O) groups excluding carboxylic acids is 1. The van der Waals surface area contributed by atoms with Crippen LogP contribution in [-0.4, -0.2) is 32.6 Å². The number of amides is 2. The summed E-state index contributed by atoms with van der Waals surface area (Å²) >= 11 is 6.06. The van der Waals surface area contributed by atoms with Gasteiger partial charge in [0.2, 0.25) is 0 Å². The molecule has 1 atom stereocenters. The Kier molecular flexibility index (Phi) is 6.51. The smallest absolute Gasteiger partial charge is 0.322 e. The van der Waals surface area contributed by atoms with Gasteiger partial charge in [0.25, 0.3) is 0 Å². The fourth-order valence-electron chi connectivity index (χ4n) is 4.54. The maximum absolute atomic E-state index is 13.5. The van der Waals surface area contributed by atoms with Crippen LogP contribution in [0.3, 0.4) is 0 Å². The predicted molar refractivity (Wildman–Crippen MR) is 135 cm³/mol. The van der Waals surface area contributed by atoms with Gasteiger partial charge >= 0.3 is 6.03 Å². The van der Waals surface area contributed by atoms with Crippen LogP contribution in [0.25, 0.3) is 11.3 Å². The molecule has 8 heteroatoms. The van der Waals surface area contributed by atoms with Crippen molar-refractivity contribution in [3.63, 3.8) is 0 Å². The lowest BCUT2D eigenvalue weighted by molar-refractivity contribution is 0.205. The molecule has 7 nitrogen and oxygen atoms in total. The molecule has 5 rings (SSSR count). The molecule has 1 aliphatic rings. The van der Waals surface area contributed by atoms with Gasteiger partial charge in [-0.05, 0) is 49.9 Å². The van der Waals surface area contributed by atoms with Gasteiger partial charge in [-0.25, -0.2) is 14.8 Å². The topological polar surface area (TPSA) is 84.2 Å². The van der Waals surface area contributed by atoms with Gasteiger partial charge in [0.05, 0.1) is 11.7 Å². The van der Waals surface area contributed by atoms with Crippen LogP contribution >= 0.6 is 11.6 Å². The molecular formula is C27H26ClN5O2. The summed E-state index contributed by atoms with van der Waals surface area (Å²) < 4.78 is 5.55. The standard InChI is InChI=1S/C27H26ClN5O2/c1-17-24(26(35-32-17)20-7-4-3-5-8-20)31-27(34)33-14-6-9-23(33)25-21(16-29-18(2)30-25)15-19-10-12-22(28)13-11-19/h3-5,7-8,10-13,16,23H,6,9,14-15H2,1-2H3,(H,31,34)/t23-/m1/s1. The van der Waals surface area contributed by atoms with E-state index in [4.69, 9.17) is 21.1 Å². The minimum atomic E-state index is -0.190. The van der Waals surface area contributed by atoms with Gasteiger partial charge in [0.15, 0.2) is 5.76 Å². The first-order chi connectivity index (χ1) is 17.0. The number of nitrogens with one attached hydrogen (secondary N) is 1. The quantitative estimate of drug-likeness (QED) is 0.354. The lowest BCUT2D eigenvalue weighted by Gasteiger charge is -2.26. The van der Waals surface area contributed by atoms with E-state index < -0.39 is 0 Å². The van der Waals surface area contributed by atoms with E-state index in [2.05, 4.69) is 15.5 Å². The molecule has 0 bridgehead atoms. The molecule has 1 aliphatic heterocycles. The number of aromatic nitrogens is 3. The fourth-order valence-corrected chi connectivity index (χ4v) is 4.66. The Labute approximate surface area is 209 Å². The molecule has 1 saturated heterocycles. The number of hydrogen-bond donors (Lipinski definition) is 1. The third kappa shape index (κ3) is 4.91. The molecule has 178 valence electrons. The van der Waals surface area contributed by atoms with Crippen molar-refractivity contribution in [2.24, 2.45) is 0 Å². The molecule has 1 fully saturated rings. The summed E-state index contributed by atoms with van der Waals surface area (Å²) in [5, 5.41) is 7.85. The number of benzene rings is 2. The average Bonchev–Trinajstić information content (AvgIpc) is 3.49. The molecule has 35 heavy (non-hydrogen) atoms. The zero-order valence-electron chi connectivity index (χ0n) is 19.7. The maximum atomic E-state index is 13.5. The Morgan fingerprint density at radius 1 is 1.14 bits per heavy atom. The molecule has 2 amide bonds. The summed E-state index contributed by atoms with van der Waals surface area (Å²) in [4.78, 5) is 24.6. The van der Waals surface area contributed by atoms with Gasteiger partial charge in [-0.1, -0.05) is 59.2 Å². The van der Waals surface area contributed by atoms with Gasteiger partial charge in [-0.15, -0.1) is 0 Å². The second kappa shape index (κ2) is 9.88. The molecule has 0 radical (unpaired) electrons. The summed E-state index contributed by atoms with van der Waals surface area (Å²) in [6.07, 6.45) is 4.28. The van der Waals surface area contributed by atoms with Crippen molar-refractivity contribution < 1.29 is 9.32 Å². The number of carbonyl (C=O) groups is 1. The largest absolute Gasteiger partial charge is 0.354 e. The Morgan fingerprint density at radius 2 is 1.91 bits per heavy atom. The van der Waals surface area contributed by atoms with Crippen molar-refractivity contribution >= 4 is 23.3 Å². The summed E-state index contributed by atoms with van der Waals surface area (Å²) in [6, 6.07) is 17.1. The zero-order valence-corrected chi connectivity index (χ0v) is 20.4. The summed E-state index contributed by atoms with van der Waals surface area (Å²) in [5.41, 5.74) is 5.10. The SMILES string of the molecule is Cc1ncc(Cc2ccc(Cl)cc2)c([C@H]2CCCN2C(=O)Nc2c(C)noc2-c2ccccc2)n1. The number of anilines is 1. The van der Waals surface area contributed by atoms with E-state index in [1.807, 2.05) is 79.5 Å². The van der Waals surface area contributed by atoms with Crippen molar-refractivity contribution in [3.8, 4) is 11.3 Å². The Morgan fingerprint density at radius 3 is 2.69 bits per heavy atom. The normalized spacial score (nSPS) is 15.4. The van der Waals surface area contributed by atoms with E-state index in [0.717, 1.165) is 35.2 Å². The predicted octanol–water partition coefficient (Wildman–Crippen LogP) is 6.36. The molecule has 0 unspecified atom stereocenters. The molecule has 0 spiro atoms. The maximum Gasteiger partial charge on any atom is 0.322 e. The van der Waals surface area contributed by atoms with E-state index in [0.29, 0.717) is 41.0 Å². The zero-order chi connectivity index (χ0) is 24.4. The Hall–Kier alpha value is -3.71. The van der Waals surface area contributed by atoms with Crippen LogP contribution in [0.15, 0.2) is 65.3 Å². The monoisotopic (exact) mass is 487 g/mol. The lowest BCUT2D eigenvalue weighted by atomic mass is 10.00. The third-order valence-corrected chi connectivity index (χ3v) is 6.54. The van der Waals surface area contributed by atoms with Gasteiger partial charge in [-0.3, -0.25) is 0 Å². The Balaban J connectivity index is 1.42. The van der Waals surface area contributed by atoms with Crippen molar-refractivity contribution in [2.75, 3.05) is 11.9 Å². The van der Waals surface area contributed by atoms with E-state index >= 15 is 0 Å². The van der Waals surface area contributed by atoms with Crippen LogP contribution in [0.4, 0.5) is 10.5 Å². The number of aryl methyl sites for hydroxylation is 2. The number of nitrogens with zero attached hydrogens (tertiary/aromatic N) is 4. The molecule has 4 aromatic rings. The van der Waals surface area contributed by atoms with Crippen LogP contribution in [-0.2, 0) is 6.42 Å². The van der Waals surface area contributed by atoms with Crippen LogP contribution in [0, 0.1) is 13.8 Å². The molecule has 2 aromatic carbocycles. The second-order valence-corrected chi connectivity index (χ2v) is 9.19. The summed E-state index contributed by atoms with van der Waals surface area (Å²) in [7, 11) is 0. The van der Waals surface area contributed by atoms with Gasteiger partial charge in [-0.2, -0.15) is 0 Å². The van der Waals surface area contributed by atoms with E-state index in [9.17, 15) is 4.79 Å². The highest BCUT2D eigenvalue weighted by Crippen LogP contribution is 2.36. The van der Waals surface area contributed by atoms with Crippen LogP contribution in [0.2, 0.25) is 5.02 Å². The first kappa shape index (κ1) is 23.1. The number of rotatable bonds is 5. The molecule has 0 saturated carbocycles. The van der Waals surface area contributed by atoms with Crippen molar-refractivity contribution in [1.82, 2.24) is 20.0 Å². The van der Waals surface area contributed by atoms with E-state index in [-0.39, 0.29) is 12.1 Å². The highest BCUT2D eigenvalue weighted by molar-refractivity contribution is 6.30. The molecule has 0 aliphatic carbocycles. The van der Waals surface area contributed by atoms with E-state index in [1.54, 1.807) is 0 Å². The third-order valence-electron chi connectivity index (χ3n) is 6.29. The van der Waals surface area contributed by atoms with Crippen LogP contribution in [0.5, 0.6) is 0 Å². The number of urea groups is 1. The van der Waals surface area contributed by atoms with Crippen LogP contribution in [0.1, 0.15) is 47.2 Å². The van der Waals surface area contributed by atoms with Gasteiger partial charge in [0, 0.05) is 29.7 Å². The van der Waals surface area contributed by atoms with Gasteiger partial charge < -0.3 is 14.7 Å². The van der Waals surface area contributed by atoms with Crippen molar-refractivity contribution in [3.05, 3.63) is 94.2 Å². The first-order valence-corrected chi connectivity index (χ1v) is 12.0. The summed E-state index contributed by atoms with van der Waals surface area (Å²) in [6.45, 7) is 4.34. The Bertz CT molecular complexity index is 1340. The number of likely N-dealkylation sites (tertiary alicyclic amines) is 1. The van der Waals surface area contributed by atoms with E-state index in [1.165, 1.54) is 0 Å². The molecule has 3 heterocycles. The van der Waals surface area contributed by atoms with Crippen LogP contribution < -0.4 is 5.32 Å².